The molecule has 0 aliphatic heterocycles. The summed E-state index contributed by atoms with van der Waals surface area (Å²) in [4.78, 5) is 0. The van der Waals surface area contributed by atoms with Crippen molar-refractivity contribution in [3.8, 4) is 11.8 Å². The molecule has 5 atom stereocenters. The molecule has 0 aromatic heterocycles. The number of hydrogen-bond acceptors (Lipinski definition) is 3. The molecule has 0 radical (unpaired) electrons. The van der Waals surface area contributed by atoms with Gasteiger partial charge in [0.1, 0.15) is 0 Å². The largest absolute Gasteiger partial charge is 0.413 e. The van der Waals surface area contributed by atoms with Crippen molar-refractivity contribution in [3.63, 3.8) is 0 Å². The molecule has 0 amide bonds. The van der Waals surface area contributed by atoms with Crippen molar-refractivity contribution >= 4 is 16.6 Å². The highest BCUT2D eigenvalue weighted by Crippen LogP contribution is 2.61. The molecule has 0 aromatic carbocycles. The average Bonchev–Trinajstić information content (AvgIpc) is 3.42. The van der Waals surface area contributed by atoms with Gasteiger partial charge in [-0.25, -0.2) is 0 Å². The zero-order valence-electron chi connectivity index (χ0n) is 23.3. The summed E-state index contributed by atoms with van der Waals surface area (Å²) in [5.41, 5.74) is 1.14. The standard InChI is InChI=1S/C28H50O3Si2/c1-20-21(14-12-13-19-29)22-15-16-23(30-32(8,9)26(2,3)4)25(24(20)22)28(17-18-28)31-33(10,11)27(5,6)7/h14,20,22-25,29H,12-13,15-16,19H2,1-11H3/b21-14-. The van der Waals surface area contributed by atoms with Crippen molar-refractivity contribution in [2.24, 2.45) is 23.7 Å². The lowest BCUT2D eigenvalue weighted by atomic mass is 9.49. The number of allylic oxidation sites excluding steroid dienone is 2. The van der Waals surface area contributed by atoms with Crippen molar-refractivity contribution in [1.29, 1.82) is 0 Å². The summed E-state index contributed by atoms with van der Waals surface area (Å²) >= 11 is 0. The smallest absolute Gasteiger partial charge is 0.195 e. The van der Waals surface area contributed by atoms with Gasteiger partial charge in [0.2, 0.25) is 0 Å². The molecule has 3 nitrogen and oxygen atoms in total. The third kappa shape index (κ3) is 5.12. The number of rotatable bonds is 8. The van der Waals surface area contributed by atoms with Crippen LogP contribution in [0.2, 0.25) is 36.3 Å². The Morgan fingerprint density at radius 2 is 1.58 bits per heavy atom. The Balaban J connectivity index is 1.92. The van der Waals surface area contributed by atoms with E-state index in [1.807, 2.05) is 0 Å². The second-order valence-electron chi connectivity index (χ2n) is 13.9. The maximum atomic E-state index is 9.24. The van der Waals surface area contributed by atoms with E-state index in [1.54, 1.807) is 5.57 Å². The summed E-state index contributed by atoms with van der Waals surface area (Å²) in [5.74, 6) is 9.04. The number of fused-ring (bicyclic) bond motifs is 1. The van der Waals surface area contributed by atoms with Crippen LogP contribution in [0.25, 0.3) is 0 Å². The lowest BCUT2D eigenvalue weighted by Gasteiger charge is -2.59. The summed E-state index contributed by atoms with van der Waals surface area (Å²) in [6, 6.07) is 0. The first-order valence-corrected chi connectivity index (χ1v) is 19.0. The van der Waals surface area contributed by atoms with Gasteiger partial charge in [0.15, 0.2) is 22.2 Å². The Morgan fingerprint density at radius 3 is 2.06 bits per heavy atom. The van der Waals surface area contributed by atoms with Crippen LogP contribution in [-0.2, 0) is 8.85 Å². The molecule has 5 heteroatoms. The molecule has 0 aromatic rings. The molecule has 3 aliphatic carbocycles. The minimum absolute atomic E-state index is 0.149. The molecule has 1 N–H and O–H groups in total. The van der Waals surface area contributed by atoms with Gasteiger partial charge in [-0.2, -0.15) is 0 Å². The molecule has 2 fully saturated rings. The zero-order chi connectivity index (χ0) is 25.0. The number of aliphatic hydroxyl groups is 1. The lowest BCUT2D eigenvalue weighted by molar-refractivity contribution is -0.0862. The second kappa shape index (κ2) is 8.93. The summed E-state index contributed by atoms with van der Waals surface area (Å²) in [6.45, 7) is 26.1. The molecule has 0 spiro atoms. The molecule has 0 heterocycles. The van der Waals surface area contributed by atoms with E-state index in [9.17, 15) is 5.11 Å². The molecule has 0 bridgehead atoms. The van der Waals surface area contributed by atoms with E-state index in [1.165, 1.54) is 6.42 Å². The quantitative estimate of drug-likeness (QED) is 0.170. The van der Waals surface area contributed by atoms with E-state index in [0.717, 1.165) is 19.3 Å². The number of aliphatic hydroxyl groups excluding tert-OH is 1. The van der Waals surface area contributed by atoms with Crippen LogP contribution in [0.15, 0.2) is 11.6 Å². The van der Waals surface area contributed by atoms with Crippen molar-refractivity contribution in [2.45, 2.75) is 122 Å². The van der Waals surface area contributed by atoms with Gasteiger partial charge in [-0.05, 0) is 79.7 Å². The van der Waals surface area contributed by atoms with Crippen molar-refractivity contribution in [1.82, 2.24) is 0 Å². The summed E-state index contributed by atoms with van der Waals surface area (Å²) in [6.07, 6.45) is 6.76. The lowest BCUT2D eigenvalue weighted by Crippen LogP contribution is -2.61. The molecule has 188 valence electrons. The zero-order valence-corrected chi connectivity index (χ0v) is 25.3. The summed E-state index contributed by atoms with van der Waals surface area (Å²) in [7, 11) is -3.91. The van der Waals surface area contributed by atoms with Crippen molar-refractivity contribution in [3.05, 3.63) is 11.6 Å². The fraction of sp³-hybridized carbons (Fsp3) is 0.857. The number of hydrogen-bond donors (Lipinski definition) is 1. The van der Waals surface area contributed by atoms with Crippen LogP contribution in [0.1, 0.15) is 74.1 Å². The number of unbranched alkanes of at least 4 members (excludes halogenated alkanes) is 1. The summed E-state index contributed by atoms with van der Waals surface area (Å²) in [5, 5.41) is 9.57. The van der Waals surface area contributed by atoms with Crippen molar-refractivity contribution < 1.29 is 14.0 Å². The Hall–Kier alpha value is -0.386. The highest BCUT2D eigenvalue weighted by Gasteiger charge is 2.64. The maximum absolute atomic E-state index is 9.24. The predicted molar refractivity (Wildman–Crippen MR) is 144 cm³/mol. The third-order valence-electron chi connectivity index (χ3n) is 9.63. The molecule has 33 heavy (non-hydrogen) atoms. The van der Waals surface area contributed by atoms with E-state index in [2.05, 4.69) is 92.6 Å². The monoisotopic (exact) mass is 490 g/mol. The van der Waals surface area contributed by atoms with Crippen LogP contribution in [0, 0.1) is 35.5 Å². The van der Waals surface area contributed by atoms with Crippen LogP contribution in [0.5, 0.6) is 0 Å². The Kier molecular flexibility index (Phi) is 7.36. The molecular weight excluding hydrogens is 440 g/mol. The third-order valence-corrected chi connectivity index (χ3v) is 18.6. The predicted octanol–water partition coefficient (Wildman–Crippen LogP) is 7.15. The van der Waals surface area contributed by atoms with Gasteiger partial charge in [-0.3, -0.25) is 0 Å². The highest BCUT2D eigenvalue weighted by molar-refractivity contribution is 6.74. The van der Waals surface area contributed by atoms with Gasteiger partial charge in [0.05, 0.1) is 6.10 Å². The first-order chi connectivity index (χ1) is 15.0. The van der Waals surface area contributed by atoms with Crippen LogP contribution in [0.3, 0.4) is 0 Å². The van der Waals surface area contributed by atoms with Gasteiger partial charge < -0.3 is 14.0 Å². The SMILES string of the molecule is CC1/C(=C/CCCO)C2CCC(O[Si](C)(C)C(C)(C)C)C(C3(O[Si](C)(C)C(C)(C)C)C#C3)C12. The fourth-order valence-electron chi connectivity index (χ4n) is 5.52. The molecule has 0 saturated heterocycles. The summed E-state index contributed by atoms with van der Waals surface area (Å²) < 4.78 is 14.3. The Labute approximate surface area is 206 Å². The van der Waals surface area contributed by atoms with Gasteiger partial charge in [0, 0.05) is 12.5 Å². The first-order valence-electron chi connectivity index (χ1n) is 13.2. The van der Waals surface area contributed by atoms with Crippen molar-refractivity contribution in [2.75, 3.05) is 6.61 Å². The minimum Gasteiger partial charge on any atom is -0.413 e. The molecule has 3 rings (SSSR count). The van der Waals surface area contributed by atoms with Crippen LogP contribution >= 0.6 is 0 Å². The fourth-order valence-corrected chi connectivity index (χ4v) is 8.25. The molecule has 3 aliphatic rings. The average molecular weight is 491 g/mol. The van der Waals surface area contributed by atoms with E-state index in [-0.39, 0.29) is 22.8 Å². The van der Waals surface area contributed by atoms with Gasteiger partial charge in [-0.15, -0.1) is 0 Å². The van der Waals surface area contributed by atoms with E-state index in [4.69, 9.17) is 8.85 Å². The molecule has 2 saturated carbocycles. The first kappa shape index (κ1) is 27.2. The molecule has 5 unspecified atom stereocenters. The van der Waals surface area contributed by atoms with E-state index in [0.29, 0.717) is 23.7 Å². The van der Waals surface area contributed by atoms with Gasteiger partial charge in [-0.1, -0.05) is 72.0 Å². The maximum Gasteiger partial charge on any atom is 0.195 e. The minimum atomic E-state index is -1.99. The topological polar surface area (TPSA) is 38.7 Å². The Bertz CT molecular complexity index is 811. The van der Waals surface area contributed by atoms with Gasteiger partial charge in [0.25, 0.3) is 0 Å². The normalized spacial score (nSPS) is 32.6. The second-order valence-corrected chi connectivity index (χ2v) is 23.4. The van der Waals surface area contributed by atoms with Crippen LogP contribution in [0.4, 0.5) is 0 Å². The van der Waals surface area contributed by atoms with Crippen LogP contribution in [-0.4, -0.2) is 40.1 Å². The Morgan fingerprint density at radius 1 is 1.00 bits per heavy atom. The molecular formula is C28H50O3Si2. The van der Waals surface area contributed by atoms with Gasteiger partial charge >= 0.3 is 0 Å². The van der Waals surface area contributed by atoms with Crippen LogP contribution < -0.4 is 0 Å². The van der Waals surface area contributed by atoms with E-state index >= 15 is 0 Å². The highest BCUT2D eigenvalue weighted by atomic mass is 28.4. The van der Waals surface area contributed by atoms with E-state index < -0.39 is 22.2 Å².